The maximum absolute atomic E-state index is 11.8. The first-order chi connectivity index (χ1) is 10.4. The second-order valence-corrected chi connectivity index (χ2v) is 6.40. The van der Waals surface area contributed by atoms with Crippen LogP contribution in [-0.2, 0) is 19.4 Å². The monoisotopic (exact) mass is 324 g/mol. The van der Waals surface area contributed by atoms with Gasteiger partial charge in [0.25, 0.3) is 0 Å². The number of rotatable bonds is 6. The average molecular weight is 324 g/mol. The summed E-state index contributed by atoms with van der Waals surface area (Å²) in [6.45, 7) is 3.22. The van der Waals surface area contributed by atoms with Gasteiger partial charge in [-0.3, -0.25) is 0 Å². The SMILES string of the molecule is CCOC(=O)/C(C#N)=C/Nc1cc(S(=O)(=O)CC)ccc1O. The van der Waals surface area contributed by atoms with Crippen LogP contribution in [0, 0.1) is 11.3 Å². The summed E-state index contributed by atoms with van der Waals surface area (Å²) in [6, 6.07) is 5.38. The van der Waals surface area contributed by atoms with E-state index in [4.69, 9.17) is 5.26 Å². The molecule has 0 amide bonds. The highest BCUT2D eigenvalue weighted by atomic mass is 32.2. The Morgan fingerprint density at radius 1 is 1.45 bits per heavy atom. The lowest BCUT2D eigenvalue weighted by molar-refractivity contribution is -0.138. The van der Waals surface area contributed by atoms with Crippen molar-refractivity contribution in [3.8, 4) is 11.8 Å². The normalized spacial score (nSPS) is 11.6. The number of esters is 1. The number of hydrogen-bond acceptors (Lipinski definition) is 7. The number of nitriles is 1. The molecule has 0 unspecified atom stereocenters. The summed E-state index contributed by atoms with van der Waals surface area (Å²) in [5, 5.41) is 21.1. The molecule has 0 aromatic heterocycles. The molecule has 0 aliphatic rings. The van der Waals surface area contributed by atoms with E-state index in [1.807, 2.05) is 0 Å². The number of phenolic OH excluding ortho intramolecular Hbond substituents is 1. The summed E-state index contributed by atoms with van der Waals surface area (Å²) in [7, 11) is -3.43. The van der Waals surface area contributed by atoms with Crippen molar-refractivity contribution >= 4 is 21.5 Å². The van der Waals surface area contributed by atoms with Gasteiger partial charge in [-0.15, -0.1) is 0 Å². The molecule has 0 atom stereocenters. The fourth-order valence-electron chi connectivity index (χ4n) is 1.49. The summed E-state index contributed by atoms with van der Waals surface area (Å²) >= 11 is 0. The number of anilines is 1. The number of ether oxygens (including phenoxy) is 1. The Balaban J connectivity index is 3.11. The number of carbonyl (C=O) groups excluding carboxylic acids is 1. The number of hydrogen-bond donors (Lipinski definition) is 2. The molecule has 0 bridgehead atoms. The van der Waals surface area contributed by atoms with Crippen LogP contribution in [-0.4, -0.2) is 31.9 Å². The van der Waals surface area contributed by atoms with Gasteiger partial charge < -0.3 is 15.2 Å². The topological polar surface area (TPSA) is 116 Å². The molecular formula is C14H16N2O5S. The molecule has 0 aliphatic heterocycles. The van der Waals surface area contributed by atoms with Crippen LogP contribution in [0.4, 0.5) is 5.69 Å². The third kappa shape index (κ3) is 4.23. The van der Waals surface area contributed by atoms with E-state index in [1.165, 1.54) is 25.1 Å². The molecule has 2 N–H and O–H groups in total. The van der Waals surface area contributed by atoms with Crippen LogP contribution in [0.15, 0.2) is 34.9 Å². The highest BCUT2D eigenvalue weighted by Crippen LogP contribution is 2.27. The van der Waals surface area contributed by atoms with E-state index in [0.717, 1.165) is 6.20 Å². The lowest BCUT2D eigenvalue weighted by atomic mass is 10.2. The Hall–Kier alpha value is -2.53. The van der Waals surface area contributed by atoms with Crippen molar-refractivity contribution in [2.45, 2.75) is 18.7 Å². The summed E-state index contributed by atoms with van der Waals surface area (Å²) in [5.41, 5.74) is -0.239. The first-order valence-electron chi connectivity index (χ1n) is 6.45. The van der Waals surface area contributed by atoms with Crippen molar-refractivity contribution in [2.75, 3.05) is 17.7 Å². The Morgan fingerprint density at radius 3 is 2.68 bits per heavy atom. The van der Waals surface area contributed by atoms with Crippen molar-refractivity contribution in [3.05, 3.63) is 30.0 Å². The van der Waals surface area contributed by atoms with Gasteiger partial charge in [0.15, 0.2) is 15.4 Å². The van der Waals surface area contributed by atoms with E-state index in [0.29, 0.717) is 0 Å². The van der Waals surface area contributed by atoms with Gasteiger partial charge in [0.05, 0.1) is 22.9 Å². The predicted molar refractivity (Wildman–Crippen MR) is 79.8 cm³/mol. The van der Waals surface area contributed by atoms with Crippen molar-refractivity contribution in [1.29, 1.82) is 5.26 Å². The van der Waals surface area contributed by atoms with Crippen molar-refractivity contribution in [1.82, 2.24) is 0 Å². The first-order valence-corrected chi connectivity index (χ1v) is 8.10. The molecule has 0 radical (unpaired) electrons. The van der Waals surface area contributed by atoms with Crippen LogP contribution in [0.3, 0.4) is 0 Å². The Morgan fingerprint density at radius 2 is 2.14 bits per heavy atom. The minimum absolute atomic E-state index is 0.0262. The van der Waals surface area contributed by atoms with E-state index in [2.05, 4.69) is 10.1 Å². The highest BCUT2D eigenvalue weighted by molar-refractivity contribution is 7.91. The molecule has 0 spiro atoms. The molecule has 7 nitrogen and oxygen atoms in total. The molecule has 1 rings (SSSR count). The van der Waals surface area contributed by atoms with Crippen molar-refractivity contribution < 1.29 is 23.1 Å². The second-order valence-electron chi connectivity index (χ2n) is 4.12. The van der Waals surface area contributed by atoms with Crippen LogP contribution in [0.2, 0.25) is 0 Å². The summed E-state index contributed by atoms with van der Waals surface area (Å²) < 4.78 is 28.3. The number of phenols is 1. The molecule has 0 saturated carbocycles. The largest absolute Gasteiger partial charge is 0.506 e. The lowest BCUT2D eigenvalue weighted by Gasteiger charge is -2.08. The summed E-state index contributed by atoms with van der Waals surface area (Å²) in [4.78, 5) is 11.5. The molecule has 0 saturated heterocycles. The quantitative estimate of drug-likeness (QED) is 0.353. The van der Waals surface area contributed by atoms with Crippen molar-refractivity contribution in [2.24, 2.45) is 0 Å². The van der Waals surface area contributed by atoms with Crippen LogP contribution in [0.5, 0.6) is 5.75 Å². The van der Waals surface area contributed by atoms with E-state index >= 15 is 0 Å². The smallest absolute Gasteiger partial charge is 0.350 e. The summed E-state index contributed by atoms with van der Waals surface area (Å²) in [5.74, 6) is -1.11. The molecule has 0 aliphatic carbocycles. The maximum Gasteiger partial charge on any atom is 0.350 e. The number of sulfone groups is 1. The van der Waals surface area contributed by atoms with Crippen LogP contribution < -0.4 is 5.32 Å². The number of nitrogens with one attached hydrogen (secondary N) is 1. The van der Waals surface area contributed by atoms with E-state index in [-0.39, 0.29) is 34.3 Å². The van der Waals surface area contributed by atoms with Gasteiger partial charge in [0.2, 0.25) is 0 Å². The second kappa shape index (κ2) is 7.47. The molecule has 0 fully saturated rings. The average Bonchev–Trinajstić information content (AvgIpc) is 2.49. The number of benzene rings is 1. The third-order valence-corrected chi connectivity index (χ3v) is 4.43. The zero-order chi connectivity index (χ0) is 16.8. The van der Waals surface area contributed by atoms with E-state index < -0.39 is 15.8 Å². The Bertz CT molecular complexity index is 732. The van der Waals surface area contributed by atoms with Gasteiger partial charge in [-0.05, 0) is 25.1 Å². The van der Waals surface area contributed by atoms with Gasteiger partial charge >= 0.3 is 5.97 Å². The van der Waals surface area contributed by atoms with E-state index in [1.54, 1.807) is 13.0 Å². The lowest BCUT2D eigenvalue weighted by Crippen LogP contribution is -2.08. The highest BCUT2D eigenvalue weighted by Gasteiger charge is 2.14. The Labute approximate surface area is 128 Å². The predicted octanol–water partition coefficient (Wildman–Crippen LogP) is 1.57. The van der Waals surface area contributed by atoms with Gasteiger partial charge in [-0.2, -0.15) is 5.26 Å². The zero-order valence-electron chi connectivity index (χ0n) is 12.2. The third-order valence-electron chi connectivity index (χ3n) is 2.69. The molecule has 0 heterocycles. The van der Waals surface area contributed by atoms with E-state index in [9.17, 15) is 18.3 Å². The number of nitrogens with zero attached hydrogens (tertiary/aromatic N) is 1. The van der Waals surface area contributed by atoms with Crippen molar-refractivity contribution in [3.63, 3.8) is 0 Å². The van der Waals surface area contributed by atoms with Gasteiger partial charge in [0, 0.05) is 6.20 Å². The fourth-order valence-corrected chi connectivity index (χ4v) is 2.39. The number of carbonyl (C=O) groups is 1. The fraction of sp³-hybridized carbons (Fsp3) is 0.286. The minimum Gasteiger partial charge on any atom is -0.506 e. The standard InChI is InChI=1S/C14H16N2O5S/c1-3-21-14(18)10(8-15)9-16-12-7-11(5-6-13(12)17)22(19,20)4-2/h5-7,9,16-17H,3-4H2,1-2H3/b10-9+. The van der Waals surface area contributed by atoms with Gasteiger partial charge in [-0.25, -0.2) is 13.2 Å². The van der Waals surface area contributed by atoms with Crippen LogP contribution in [0.25, 0.3) is 0 Å². The first kappa shape index (κ1) is 17.5. The molecule has 22 heavy (non-hydrogen) atoms. The minimum atomic E-state index is -3.43. The molecule has 118 valence electrons. The Kier molecular flexibility index (Phi) is 5.95. The van der Waals surface area contributed by atoms with Gasteiger partial charge in [0.1, 0.15) is 11.8 Å². The number of aromatic hydroxyl groups is 1. The maximum atomic E-state index is 11.8. The molecular weight excluding hydrogens is 308 g/mol. The molecule has 1 aromatic carbocycles. The van der Waals surface area contributed by atoms with Crippen LogP contribution in [0.1, 0.15) is 13.8 Å². The van der Waals surface area contributed by atoms with Gasteiger partial charge in [-0.1, -0.05) is 6.92 Å². The van der Waals surface area contributed by atoms with Crippen LogP contribution >= 0.6 is 0 Å². The summed E-state index contributed by atoms with van der Waals surface area (Å²) in [6.07, 6.45) is 1.05. The molecule has 1 aromatic rings. The molecule has 8 heteroatoms. The zero-order valence-corrected chi connectivity index (χ0v) is 13.0.